The van der Waals surface area contributed by atoms with Crippen LogP contribution in [0.2, 0.25) is 0 Å². The molecule has 164 valence electrons. The standard InChI is InChI=1S/C22H36N4O2.HI/c1-23-21(25-17-22(10-6-11-22)12-14-27-2)24-15-18-9-13-26(16-18)19-7-4-5-8-20(19)28-3;/h4-5,7-8,18H,6,9-17H2,1-3H3,(H2,23,24,25);1H. The monoisotopic (exact) mass is 516 g/mol. The Morgan fingerprint density at radius 2 is 2.03 bits per heavy atom. The smallest absolute Gasteiger partial charge is 0.191 e. The maximum atomic E-state index is 5.52. The van der Waals surface area contributed by atoms with Crippen molar-refractivity contribution in [2.24, 2.45) is 16.3 Å². The van der Waals surface area contributed by atoms with E-state index in [1.54, 1.807) is 14.2 Å². The number of guanidine groups is 1. The molecule has 2 aliphatic rings. The molecule has 0 aromatic heterocycles. The molecule has 6 nitrogen and oxygen atoms in total. The Bertz CT molecular complexity index is 651. The zero-order chi connectivity index (χ0) is 19.8. The van der Waals surface area contributed by atoms with Gasteiger partial charge >= 0.3 is 0 Å². The summed E-state index contributed by atoms with van der Waals surface area (Å²) in [7, 11) is 5.38. The van der Waals surface area contributed by atoms with Crippen molar-refractivity contribution in [3.05, 3.63) is 24.3 Å². The molecular formula is C22H37IN4O2. The Balaban J connectivity index is 0.00000300. The highest BCUT2D eigenvalue weighted by Crippen LogP contribution is 2.43. The molecule has 0 spiro atoms. The number of aliphatic imine (C=N–C) groups is 1. The molecule has 0 radical (unpaired) electrons. The fraction of sp³-hybridized carbons (Fsp3) is 0.682. The first kappa shape index (κ1) is 24.1. The third-order valence-electron chi connectivity index (χ3n) is 6.38. The van der Waals surface area contributed by atoms with Crippen LogP contribution >= 0.6 is 24.0 Å². The SMILES string of the molecule is CN=C(NCC1CCN(c2ccccc2OC)C1)NCC1(CCOC)CCC1.I. The predicted molar refractivity (Wildman–Crippen MR) is 131 cm³/mol. The van der Waals surface area contributed by atoms with Crippen LogP contribution in [0.1, 0.15) is 32.1 Å². The molecule has 1 atom stereocenters. The van der Waals surface area contributed by atoms with Crippen LogP contribution in [0.4, 0.5) is 5.69 Å². The molecule has 1 aromatic rings. The number of anilines is 1. The fourth-order valence-corrected chi connectivity index (χ4v) is 4.35. The van der Waals surface area contributed by atoms with Gasteiger partial charge in [-0.1, -0.05) is 18.6 Å². The normalized spacial score (nSPS) is 20.6. The zero-order valence-corrected chi connectivity index (χ0v) is 20.4. The molecule has 1 saturated heterocycles. The zero-order valence-electron chi connectivity index (χ0n) is 18.1. The lowest BCUT2D eigenvalue weighted by Crippen LogP contribution is -2.47. The molecule has 1 aliphatic heterocycles. The van der Waals surface area contributed by atoms with Gasteiger partial charge in [0.15, 0.2) is 5.96 Å². The van der Waals surface area contributed by atoms with Crippen molar-refractivity contribution in [1.29, 1.82) is 0 Å². The minimum absolute atomic E-state index is 0. The number of nitrogens with one attached hydrogen (secondary N) is 2. The lowest BCUT2D eigenvalue weighted by molar-refractivity contribution is 0.0732. The number of methoxy groups -OCH3 is 2. The average Bonchev–Trinajstić information content (AvgIpc) is 3.17. The van der Waals surface area contributed by atoms with E-state index in [1.807, 2.05) is 19.2 Å². The topological polar surface area (TPSA) is 58.1 Å². The van der Waals surface area contributed by atoms with Crippen molar-refractivity contribution in [3.63, 3.8) is 0 Å². The summed E-state index contributed by atoms with van der Waals surface area (Å²) in [5, 5.41) is 7.09. The second kappa shape index (κ2) is 11.8. The summed E-state index contributed by atoms with van der Waals surface area (Å²) in [5.74, 6) is 2.48. The minimum atomic E-state index is 0. The third kappa shape index (κ3) is 6.38. The largest absolute Gasteiger partial charge is 0.495 e. The van der Waals surface area contributed by atoms with Crippen LogP contribution in [0.3, 0.4) is 0 Å². The number of rotatable bonds is 9. The Morgan fingerprint density at radius 3 is 2.69 bits per heavy atom. The van der Waals surface area contributed by atoms with Crippen LogP contribution in [0.5, 0.6) is 5.75 Å². The summed E-state index contributed by atoms with van der Waals surface area (Å²) < 4.78 is 10.8. The van der Waals surface area contributed by atoms with E-state index in [1.165, 1.54) is 31.4 Å². The first-order valence-corrected chi connectivity index (χ1v) is 10.5. The van der Waals surface area contributed by atoms with Gasteiger partial charge in [0.25, 0.3) is 0 Å². The summed E-state index contributed by atoms with van der Waals surface area (Å²) >= 11 is 0. The molecule has 1 aliphatic carbocycles. The maximum absolute atomic E-state index is 5.52. The summed E-state index contributed by atoms with van der Waals surface area (Å²) in [4.78, 5) is 6.85. The second-order valence-corrected chi connectivity index (χ2v) is 8.18. The van der Waals surface area contributed by atoms with Crippen LogP contribution in [-0.2, 0) is 4.74 Å². The first-order chi connectivity index (χ1) is 13.7. The molecule has 0 bridgehead atoms. The molecule has 0 amide bonds. The summed E-state index contributed by atoms with van der Waals surface area (Å²) in [6.07, 6.45) is 6.22. The Kier molecular flexibility index (Phi) is 9.82. The van der Waals surface area contributed by atoms with Gasteiger partial charge in [-0.2, -0.15) is 0 Å². The van der Waals surface area contributed by atoms with Gasteiger partial charge in [-0.25, -0.2) is 0 Å². The van der Waals surface area contributed by atoms with Gasteiger partial charge in [-0.15, -0.1) is 24.0 Å². The summed E-state index contributed by atoms with van der Waals surface area (Å²) in [6.45, 7) is 4.88. The van der Waals surface area contributed by atoms with E-state index in [0.717, 1.165) is 50.9 Å². The van der Waals surface area contributed by atoms with E-state index in [9.17, 15) is 0 Å². The van der Waals surface area contributed by atoms with Gasteiger partial charge < -0.3 is 25.0 Å². The highest BCUT2D eigenvalue weighted by atomic mass is 127. The highest BCUT2D eigenvalue weighted by molar-refractivity contribution is 14.0. The molecule has 1 heterocycles. The number of nitrogens with zero attached hydrogens (tertiary/aromatic N) is 2. The predicted octanol–water partition coefficient (Wildman–Crippen LogP) is 3.51. The van der Waals surface area contributed by atoms with Crippen LogP contribution in [-0.4, -0.2) is 60.0 Å². The van der Waals surface area contributed by atoms with Gasteiger partial charge in [0, 0.05) is 46.9 Å². The molecular weight excluding hydrogens is 479 g/mol. The van der Waals surface area contributed by atoms with Gasteiger partial charge in [-0.05, 0) is 49.1 Å². The maximum Gasteiger partial charge on any atom is 0.191 e. The van der Waals surface area contributed by atoms with Crippen molar-refractivity contribution in [3.8, 4) is 5.75 Å². The lowest BCUT2D eigenvalue weighted by Gasteiger charge is -2.42. The van der Waals surface area contributed by atoms with Crippen LogP contribution < -0.4 is 20.3 Å². The number of ether oxygens (including phenoxy) is 2. The van der Waals surface area contributed by atoms with Crippen molar-refractivity contribution in [1.82, 2.24) is 10.6 Å². The molecule has 2 fully saturated rings. The molecule has 1 saturated carbocycles. The van der Waals surface area contributed by atoms with Crippen molar-refractivity contribution < 1.29 is 9.47 Å². The van der Waals surface area contributed by atoms with Gasteiger partial charge in [0.05, 0.1) is 12.8 Å². The number of benzene rings is 1. The molecule has 3 rings (SSSR count). The number of para-hydroxylation sites is 2. The van der Waals surface area contributed by atoms with Crippen LogP contribution in [0.15, 0.2) is 29.3 Å². The Morgan fingerprint density at radius 1 is 1.24 bits per heavy atom. The summed E-state index contributed by atoms with van der Waals surface area (Å²) in [5.41, 5.74) is 1.59. The molecule has 1 unspecified atom stereocenters. The summed E-state index contributed by atoms with van der Waals surface area (Å²) in [6, 6.07) is 8.28. The van der Waals surface area contributed by atoms with Gasteiger partial charge in [0.2, 0.25) is 0 Å². The first-order valence-electron chi connectivity index (χ1n) is 10.5. The third-order valence-corrected chi connectivity index (χ3v) is 6.38. The minimum Gasteiger partial charge on any atom is -0.495 e. The Hall–Kier alpha value is -1.22. The fourth-order valence-electron chi connectivity index (χ4n) is 4.35. The quantitative estimate of drug-likeness (QED) is 0.299. The van der Waals surface area contributed by atoms with Gasteiger partial charge in [0.1, 0.15) is 5.75 Å². The number of hydrogen-bond acceptors (Lipinski definition) is 4. The van der Waals surface area contributed by atoms with Gasteiger partial charge in [-0.3, -0.25) is 4.99 Å². The highest BCUT2D eigenvalue weighted by Gasteiger charge is 2.36. The molecule has 2 N–H and O–H groups in total. The lowest BCUT2D eigenvalue weighted by atomic mass is 9.67. The van der Waals surface area contributed by atoms with Crippen molar-refractivity contribution in [2.75, 3.05) is 59.0 Å². The molecule has 1 aromatic carbocycles. The molecule has 7 heteroatoms. The van der Waals surface area contributed by atoms with E-state index in [2.05, 4.69) is 32.7 Å². The van der Waals surface area contributed by atoms with Crippen LogP contribution in [0, 0.1) is 11.3 Å². The number of hydrogen-bond donors (Lipinski definition) is 2. The second-order valence-electron chi connectivity index (χ2n) is 8.18. The van der Waals surface area contributed by atoms with E-state index in [4.69, 9.17) is 9.47 Å². The average molecular weight is 516 g/mol. The van der Waals surface area contributed by atoms with Crippen LogP contribution in [0.25, 0.3) is 0 Å². The number of halogens is 1. The Labute approximate surface area is 192 Å². The van der Waals surface area contributed by atoms with E-state index in [0.29, 0.717) is 11.3 Å². The van der Waals surface area contributed by atoms with E-state index < -0.39 is 0 Å². The molecule has 29 heavy (non-hydrogen) atoms. The van der Waals surface area contributed by atoms with Crippen molar-refractivity contribution in [2.45, 2.75) is 32.1 Å². The van der Waals surface area contributed by atoms with Crippen molar-refractivity contribution >= 4 is 35.6 Å². The van der Waals surface area contributed by atoms with E-state index in [-0.39, 0.29) is 24.0 Å². The van der Waals surface area contributed by atoms with E-state index >= 15 is 0 Å².